The summed E-state index contributed by atoms with van der Waals surface area (Å²) in [5.41, 5.74) is 3.20. The lowest BCUT2D eigenvalue weighted by Crippen LogP contribution is -2.27. The molecule has 0 saturated carbocycles. The molecule has 0 aromatic heterocycles. The van der Waals surface area contributed by atoms with Crippen LogP contribution in [0.2, 0.25) is 0 Å². The van der Waals surface area contributed by atoms with Gasteiger partial charge in [0.2, 0.25) is 0 Å². The predicted molar refractivity (Wildman–Crippen MR) is 83.7 cm³/mol. The van der Waals surface area contributed by atoms with Crippen LogP contribution in [0.25, 0.3) is 0 Å². The molecule has 2 unspecified atom stereocenters. The number of hydrogen-bond acceptors (Lipinski definition) is 1. The minimum Gasteiger partial charge on any atom is -0.313 e. The molecule has 1 heteroatoms. The van der Waals surface area contributed by atoms with Gasteiger partial charge in [0.05, 0.1) is 0 Å². The quantitative estimate of drug-likeness (QED) is 0.844. The van der Waals surface area contributed by atoms with Gasteiger partial charge in [-0.1, -0.05) is 58.9 Å². The van der Waals surface area contributed by atoms with Crippen LogP contribution in [-0.4, -0.2) is 12.6 Å². The van der Waals surface area contributed by atoms with Crippen molar-refractivity contribution in [2.45, 2.75) is 64.8 Å². The van der Waals surface area contributed by atoms with E-state index in [1.807, 2.05) is 0 Å². The van der Waals surface area contributed by atoms with Crippen LogP contribution >= 0.6 is 0 Å². The second-order valence-electron chi connectivity index (χ2n) is 7.46. The fraction of sp³-hybridized carbons (Fsp3) is 0.667. The smallest absolute Gasteiger partial charge is 0.0139 e. The summed E-state index contributed by atoms with van der Waals surface area (Å²) in [7, 11) is 0. The van der Waals surface area contributed by atoms with E-state index in [1.165, 1.54) is 30.5 Å². The molecule has 1 aliphatic rings. The van der Waals surface area contributed by atoms with Crippen LogP contribution in [0.3, 0.4) is 0 Å². The van der Waals surface area contributed by atoms with E-state index in [1.54, 1.807) is 0 Å². The van der Waals surface area contributed by atoms with Crippen molar-refractivity contribution < 1.29 is 0 Å². The first kappa shape index (κ1) is 14.6. The minimum atomic E-state index is 0.254. The zero-order chi connectivity index (χ0) is 14.0. The molecule has 1 heterocycles. The fourth-order valence-electron chi connectivity index (χ4n) is 3.15. The molecule has 1 fully saturated rings. The van der Waals surface area contributed by atoms with Gasteiger partial charge in [0, 0.05) is 12.0 Å². The number of rotatable bonds is 3. The highest BCUT2D eigenvalue weighted by Gasteiger charge is 2.28. The van der Waals surface area contributed by atoms with E-state index in [2.05, 4.69) is 64.2 Å². The van der Waals surface area contributed by atoms with Crippen molar-refractivity contribution in [3.8, 4) is 0 Å². The lowest BCUT2D eigenvalue weighted by Gasteiger charge is -2.24. The molecule has 2 atom stereocenters. The second kappa shape index (κ2) is 5.66. The molecule has 1 aliphatic heterocycles. The van der Waals surface area contributed by atoms with Crippen molar-refractivity contribution in [3.63, 3.8) is 0 Å². The maximum atomic E-state index is 3.68. The summed E-state index contributed by atoms with van der Waals surface area (Å²) in [6, 6.07) is 10.0. The highest BCUT2D eigenvalue weighted by Crippen LogP contribution is 2.32. The van der Waals surface area contributed by atoms with E-state index in [0.29, 0.717) is 12.0 Å². The zero-order valence-corrected chi connectivity index (χ0v) is 13.2. The average Bonchev–Trinajstić information content (AvgIpc) is 2.75. The van der Waals surface area contributed by atoms with E-state index in [9.17, 15) is 0 Å². The van der Waals surface area contributed by atoms with Crippen molar-refractivity contribution in [1.82, 2.24) is 5.32 Å². The van der Waals surface area contributed by atoms with Gasteiger partial charge in [0.1, 0.15) is 0 Å². The Kier molecular flexibility index (Phi) is 4.35. The van der Waals surface area contributed by atoms with Gasteiger partial charge in [-0.2, -0.15) is 0 Å². The van der Waals surface area contributed by atoms with E-state index < -0.39 is 0 Å². The van der Waals surface area contributed by atoms with Crippen molar-refractivity contribution in [3.05, 3.63) is 35.4 Å². The van der Waals surface area contributed by atoms with Gasteiger partial charge in [-0.3, -0.25) is 0 Å². The lowest BCUT2D eigenvalue weighted by atomic mass is 9.83. The highest BCUT2D eigenvalue weighted by molar-refractivity contribution is 5.31. The van der Waals surface area contributed by atoms with Crippen LogP contribution in [-0.2, 0) is 5.41 Å². The van der Waals surface area contributed by atoms with Gasteiger partial charge in [0.15, 0.2) is 0 Å². The maximum Gasteiger partial charge on any atom is 0.0139 e. The van der Waals surface area contributed by atoms with Gasteiger partial charge in [0.25, 0.3) is 0 Å². The first-order valence-electron chi connectivity index (χ1n) is 7.72. The van der Waals surface area contributed by atoms with Crippen LogP contribution in [0.15, 0.2) is 24.3 Å². The van der Waals surface area contributed by atoms with Gasteiger partial charge < -0.3 is 5.32 Å². The zero-order valence-electron chi connectivity index (χ0n) is 13.2. The van der Waals surface area contributed by atoms with E-state index >= 15 is 0 Å². The van der Waals surface area contributed by atoms with E-state index in [4.69, 9.17) is 0 Å². The Morgan fingerprint density at radius 1 is 1.16 bits per heavy atom. The van der Waals surface area contributed by atoms with Gasteiger partial charge in [-0.15, -0.1) is 0 Å². The fourth-order valence-corrected chi connectivity index (χ4v) is 3.15. The van der Waals surface area contributed by atoms with Crippen molar-refractivity contribution >= 4 is 0 Å². The normalized spacial score (nSPS) is 24.1. The van der Waals surface area contributed by atoms with Crippen LogP contribution in [0, 0.1) is 5.92 Å². The summed E-state index contributed by atoms with van der Waals surface area (Å²) < 4.78 is 0. The Labute approximate surface area is 118 Å². The molecule has 0 bridgehead atoms. The Morgan fingerprint density at radius 3 is 2.32 bits per heavy atom. The van der Waals surface area contributed by atoms with Crippen LogP contribution < -0.4 is 5.32 Å². The largest absolute Gasteiger partial charge is 0.313 e. The summed E-state index contributed by atoms with van der Waals surface area (Å²) in [6.45, 7) is 12.6. The molecule has 0 radical (unpaired) electrons. The Morgan fingerprint density at radius 2 is 1.79 bits per heavy atom. The molecule has 1 saturated heterocycles. The summed E-state index contributed by atoms with van der Waals surface area (Å²) in [6.07, 6.45) is 2.57. The monoisotopic (exact) mass is 259 g/mol. The first-order chi connectivity index (χ1) is 8.88. The SMILES string of the molecule is CC(C)CC1NCCC1c1ccc(C(C)(C)C)cc1. The van der Waals surface area contributed by atoms with Gasteiger partial charge in [-0.25, -0.2) is 0 Å². The first-order valence-corrected chi connectivity index (χ1v) is 7.72. The summed E-state index contributed by atoms with van der Waals surface area (Å²) in [5, 5.41) is 3.68. The van der Waals surface area contributed by atoms with Crippen LogP contribution in [0.4, 0.5) is 0 Å². The molecule has 0 aliphatic carbocycles. The Balaban J connectivity index is 2.13. The number of nitrogens with one attached hydrogen (secondary N) is 1. The number of hydrogen-bond donors (Lipinski definition) is 1. The molecule has 0 amide bonds. The third-order valence-electron chi connectivity index (χ3n) is 4.28. The van der Waals surface area contributed by atoms with Gasteiger partial charge in [-0.05, 0) is 41.8 Å². The molecular weight excluding hydrogens is 230 g/mol. The van der Waals surface area contributed by atoms with Crippen molar-refractivity contribution in [2.75, 3.05) is 6.54 Å². The molecule has 1 N–H and O–H groups in total. The van der Waals surface area contributed by atoms with E-state index in [0.717, 1.165) is 5.92 Å². The molecule has 1 aromatic rings. The standard InChI is InChI=1S/C18H29N/c1-13(2)12-17-16(10-11-19-17)14-6-8-15(9-7-14)18(3,4)5/h6-9,13,16-17,19H,10-12H2,1-5H3. The van der Waals surface area contributed by atoms with E-state index in [-0.39, 0.29) is 5.41 Å². The molecular formula is C18H29N. The predicted octanol–water partition coefficient (Wildman–Crippen LogP) is 4.48. The Hall–Kier alpha value is -0.820. The molecule has 1 aromatic carbocycles. The maximum absolute atomic E-state index is 3.68. The minimum absolute atomic E-state index is 0.254. The van der Waals surface area contributed by atoms with Crippen LogP contribution in [0.5, 0.6) is 0 Å². The molecule has 2 rings (SSSR count). The third-order valence-corrected chi connectivity index (χ3v) is 4.28. The topological polar surface area (TPSA) is 12.0 Å². The third kappa shape index (κ3) is 3.60. The summed E-state index contributed by atoms with van der Waals surface area (Å²) in [5.74, 6) is 1.48. The second-order valence-corrected chi connectivity index (χ2v) is 7.46. The lowest BCUT2D eigenvalue weighted by molar-refractivity contribution is 0.434. The molecule has 1 nitrogen and oxygen atoms in total. The molecule has 19 heavy (non-hydrogen) atoms. The summed E-state index contributed by atoms with van der Waals surface area (Å²) in [4.78, 5) is 0. The summed E-state index contributed by atoms with van der Waals surface area (Å²) >= 11 is 0. The number of benzene rings is 1. The van der Waals surface area contributed by atoms with Gasteiger partial charge >= 0.3 is 0 Å². The van der Waals surface area contributed by atoms with Crippen molar-refractivity contribution in [2.24, 2.45) is 5.92 Å². The highest BCUT2D eigenvalue weighted by atomic mass is 14.9. The Bertz CT molecular complexity index is 397. The van der Waals surface area contributed by atoms with Crippen LogP contribution in [0.1, 0.15) is 64.5 Å². The van der Waals surface area contributed by atoms with Crippen molar-refractivity contribution in [1.29, 1.82) is 0 Å². The molecule has 0 spiro atoms. The average molecular weight is 259 g/mol. The molecule has 106 valence electrons.